The van der Waals surface area contributed by atoms with Crippen molar-refractivity contribution in [1.29, 1.82) is 0 Å². The average Bonchev–Trinajstić information content (AvgIpc) is 3.06. The summed E-state index contributed by atoms with van der Waals surface area (Å²) in [5.41, 5.74) is 4.03. The zero-order chi connectivity index (χ0) is 15.8. The summed E-state index contributed by atoms with van der Waals surface area (Å²) in [5.74, 6) is 1.36. The molecular weight excluding hydrogens is 290 g/mol. The number of thiophene rings is 1. The van der Waals surface area contributed by atoms with Gasteiger partial charge in [0.2, 0.25) is 0 Å². The number of nitrogens with one attached hydrogen (secondary N) is 2. The van der Waals surface area contributed by atoms with Gasteiger partial charge in [-0.25, -0.2) is 0 Å². The number of aliphatic imine (C=N–C) groups is 1. The second-order valence-corrected chi connectivity index (χ2v) is 6.35. The van der Waals surface area contributed by atoms with Gasteiger partial charge in [-0.15, -0.1) is 0 Å². The molecule has 0 saturated heterocycles. The van der Waals surface area contributed by atoms with Crippen LogP contribution in [0, 0.1) is 6.92 Å². The summed E-state index contributed by atoms with van der Waals surface area (Å²) in [6, 6.07) is 10.9. The molecule has 0 bridgehead atoms. The van der Waals surface area contributed by atoms with Crippen molar-refractivity contribution in [2.45, 2.75) is 26.2 Å². The lowest BCUT2D eigenvalue weighted by atomic mass is 10.1. The van der Waals surface area contributed by atoms with Gasteiger partial charge in [0.1, 0.15) is 0 Å². The molecule has 3 nitrogen and oxygen atoms in total. The lowest BCUT2D eigenvalue weighted by molar-refractivity contribution is 0.700. The van der Waals surface area contributed by atoms with Crippen LogP contribution < -0.4 is 10.6 Å². The molecule has 0 fully saturated rings. The monoisotopic (exact) mass is 315 g/mol. The number of hydrogen-bond donors (Lipinski definition) is 2. The van der Waals surface area contributed by atoms with Gasteiger partial charge in [0.05, 0.1) is 0 Å². The van der Waals surface area contributed by atoms with Gasteiger partial charge >= 0.3 is 0 Å². The molecule has 1 unspecified atom stereocenters. The van der Waals surface area contributed by atoms with E-state index < -0.39 is 0 Å². The lowest BCUT2D eigenvalue weighted by Gasteiger charge is -2.15. The average molecular weight is 315 g/mol. The van der Waals surface area contributed by atoms with Crippen molar-refractivity contribution in [3.05, 3.63) is 57.8 Å². The molecule has 0 spiro atoms. The number of rotatable bonds is 6. The third kappa shape index (κ3) is 5.19. The molecule has 0 radical (unpaired) electrons. The maximum atomic E-state index is 4.28. The summed E-state index contributed by atoms with van der Waals surface area (Å²) in [4.78, 5) is 4.28. The Morgan fingerprint density at radius 1 is 1.18 bits per heavy atom. The lowest BCUT2D eigenvalue weighted by Crippen LogP contribution is -2.39. The van der Waals surface area contributed by atoms with Crippen molar-refractivity contribution in [3.8, 4) is 0 Å². The van der Waals surface area contributed by atoms with Gasteiger partial charge in [-0.2, -0.15) is 11.3 Å². The molecule has 2 rings (SSSR count). The van der Waals surface area contributed by atoms with Gasteiger partial charge in [0.25, 0.3) is 0 Å². The summed E-state index contributed by atoms with van der Waals surface area (Å²) < 4.78 is 0. The minimum atomic E-state index is 0.488. The normalized spacial score (nSPS) is 13.0. The van der Waals surface area contributed by atoms with E-state index in [2.05, 4.69) is 70.6 Å². The van der Waals surface area contributed by atoms with Crippen molar-refractivity contribution in [2.24, 2.45) is 4.99 Å². The highest BCUT2D eigenvalue weighted by Crippen LogP contribution is 2.16. The van der Waals surface area contributed by atoms with E-state index in [4.69, 9.17) is 0 Å². The Hall–Kier alpha value is -1.81. The van der Waals surface area contributed by atoms with Crippen molar-refractivity contribution in [2.75, 3.05) is 20.1 Å². The number of guanidine groups is 1. The summed E-state index contributed by atoms with van der Waals surface area (Å²) >= 11 is 1.75. The first-order chi connectivity index (χ1) is 10.7. The fourth-order valence-corrected chi connectivity index (χ4v) is 3.01. The molecule has 1 aromatic carbocycles. The minimum absolute atomic E-state index is 0.488. The van der Waals surface area contributed by atoms with Crippen LogP contribution in [0.5, 0.6) is 0 Å². The van der Waals surface area contributed by atoms with E-state index in [1.807, 2.05) is 7.05 Å². The fourth-order valence-electron chi connectivity index (χ4n) is 2.22. The molecule has 0 aliphatic heterocycles. The van der Waals surface area contributed by atoms with Gasteiger partial charge < -0.3 is 10.6 Å². The van der Waals surface area contributed by atoms with E-state index in [9.17, 15) is 0 Å². The smallest absolute Gasteiger partial charge is 0.191 e. The van der Waals surface area contributed by atoms with E-state index in [-0.39, 0.29) is 0 Å². The molecule has 0 aliphatic carbocycles. The SMILES string of the molecule is CN=C(NCCc1ccc(C)cc1)NCC(C)c1ccsc1. The largest absolute Gasteiger partial charge is 0.356 e. The van der Waals surface area contributed by atoms with Crippen LogP contribution in [0.3, 0.4) is 0 Å². The van der Waals surface area contributed by atoms with Gasteiger partial charge in [0.15, 0.2) is 5.96 Å². The van der Waals surface area contributed by atoms with Gasteiger partial charge in [-0.1, -0.05) is 36.8 Å². The second-order valence-electron chi connectivity index (χ2n) is 5.57. The Kier molecular flexibility index (Phi) is 6.46. The zero-order valence-electron chi connectivity index (χ0n) is 13.6. The summed E-state index contributed by atoms with van der Waals surface area (Å²) in [7, 11) is 1.82. The molecule has 0 saturated carbocycles. The summed E-state index contributed by atoms with van der Waals surface area (Å²) in [6.45, 7) is 6.12. The highest BCUT2D eigenvalue weighted by Gasteiger charge is 2.06. The second kappa shape index (κ2) is 8.59. The van der Waals surface area contributed by atoms with Crippen LogP contribution >= 0.6 is 11.3 Å². The van der Waals surface area contributed by atoms with E-state index >= 15 is 0 Å². The minimum Gasteiger partial charge on any atom is -0.356 e. The number of hydrogen-bond acceptors (Lipinski definition) is 2. The van der Waals surface area contributed by atoms with Gasteiger partial charge in [-0.3, -0.25) is 4.99 Å². The Labute approximate surface area is 137 Å². The molecule has 22 heavy (non-hydrogen) atoms. The Morgan fingerprint density at radius 3 is 2.59 bits per heavy atom. The first kappa shape index (κ1) is 16.6. The Morgan fingerprint density at radius 2 is 1.95 bits per heavy atom. The predicted octanol–water partition coefficient (Wildman–Crippen LogP) is 3.57. The van der Waals surface area contributed by atoms with E-state index in [0.29, 0.717) is 5.92 Å². The van der Waals surface area contributed by atoms with E-state index in [1.54, 1.807) is 11.3 Å². The maximum Gasteiger partial charge on any atom is 0.191 e. The molecule has 1 atom stereocenters. The molecular formula is C18H25N3S. The van der Waals surface area contributed by atoms with Crippen LogP contribution in [-0.2, 0) is 6.42 Å². The highest BCUT2D eigenvalue weighted by atomic mass is 32.1. The molecule has 2 aromatic rings. The zero-order valence-corrected chi connectivity index (χ0v) is 14.4. The van der Waals surface area contributed by atoms with E-state index in [1.165, 1.54) is 16.7 Å². The third-order valence-corrected chi connectivity index (χ3v) is 4.44. The molecule has 0 aliphatic rings. The topological polar surface area (TPSA) is 36.4 Å². The molecule has 4 heteroatoms. The standard InChI is InChI=1S/C18H25N3S/c1-14-4-6-16(7-5-14)8-10-20-18(19-3)21-12-15(2)17-9-11-22-13-17/h4-7,9,11,13,15H,8,10,12H2,1-3H3,(H2,19,20,21). The van der Waals surface area contributed by atoms with Crippen LogP contribution in [0.2, 0.25) is 0 Å². The van der Waals surface area contributed by atoms with Crippen molar-refractivity contribution >= 4 is 17.3 Å². The third-order valence-electron chi connectivity index (χ3n) is 3.74. The molecule has 0 amide bonds. The predicted molar refractivity (Wildman–Crippen MR) is 97.0 cm³/mol. The van der Waals surface area contributed by atoms with Gasteiger partial charge in [-0.05, 0) is 47.2 Å². The number of nitrogens with zero attached hydrogens (tertiary/aromatic N) is 1. The molecule has 1 aromatic heterocycles. The van der Waals surface area contributed by atoms with Crippen molar-refractivity contribution in [3.63, 3.8) is 0 Å². The number of aryl methyl sites for hydroxylation is 1. The van der Waals surface area contributed by atoms with Crippen LogP contribution in [0.25, 0.3) is 0 Å². The summed E-state index contributed by atoms with van der Waals surface area (Å²) in [6.07, 6.45) is 1.00. The number of benzene rings is 1. The summed E-state index contributed by atoms with van der Waals surface area (Å²) in [5, 5.41) is 11.1. The highest BCUT2D eigenvalue weighted by molar-refractivity contribution is 7.07. The Bertz CT molecular complexity index is 573. The molecule has 2 N–H and O–H groups in total. The quantitative estimate of drug-likeness (QED) is 0.631. The van der Waals surface area contributed by atoms with Crippen LogP contribution in [0.15, 0.2) is 46.1 Å². The van der Waals surface area contributed by atoms with Gasteiger partial charge in [0, 0.05) is 20.1 Å². The molecule has 1 heterocycles. The van der Waals surface area contributed by atoms with Crippen molar-refractivity contribution < 1.29 is 0 Å². The van der Waals surface area contributed by atoms with Crippen LogP contribution in [-0.4, -0.2) is 26.1 Å². The molecule has 118 valence electrons. The van der Waals surface area contributed by atoms with Crippen molar-refractivity contribution in [1.82, 2.24) is 10.6 Å². The van der Waals surface area contributed by atoms with E-state index in [0.717, 1.165) is 25.5 Å². The maximum absolute atomic E-state index is 4.28. The first-order valence-electron chi connectivity index (χ1n) is 7.71. The first-order valence-corrected chi connectivity index (χ1v) is 8.65. The van der Waals surface area contributed by atoms with Crippen LogP contribution in [0.4, 0.5) is 0 Å². The Balaban J connectivity index is 1.72. The fraction of sp³-hybridized carbons (Fsp3) is 0.389. The van der Waals surface area contributed by atoms with Crippen LogP contribution in [0.1, 0.15) is 29.5 Å².